The van der Waals surface area contributed by atoms with Crippen molar-refractivity contribution >= 4 is 23.7 Å². The lowest BCUT2D eigenvalue weighted by atomic mass is 10.1. The number of hydrogen-bond acceptors (Lipinski definition) is 8. The van der Waals surface area contributed by atoms with Gasteiger partial charge in [0.1, 0.15) is 24.2 Å². The van der Waals surface area contributed by atoms with Gasteiger partial charge >= 0.3 is 6.36 Å². The van der Waals surface area contributed by atoms with Crippen molar-refractivity contribution in [2.75, 3.05) is 30.4 Å². The van der Waals surface area contributed by atoms with Gasteiger partial charge in [0.2, 0.25) is 0 Å². The lowest BCUT2D eigenvalue weighted by Crippen LogP contribution is -2.30. The molecule has 0 spiro atoms. The van der Waals surface area contributed by atoms with Crippen molar-refractivity contribution in [3.05, 3.63) is 60.8 Å². The molecule has 1 amide bonds. The predicted octanol–water partition coefficient (Wildman–Crippen LogP) is 3.69. The second kappa shape index (κ2) is 12.1. The van der Waals surface area contributed by atoms with Crippen LogP contribution in [-0.2, 0) is 4.79 Å². The molecule has 2 N–H and O–H groups in total. The summed E-state index contributed by atoms with van der Waals surface area (Å²) in [7, 11) is 1.92. The van der Waals surface area contributed by atoms with Crippen molar-refractivity contribution in [3.63, 3.8) is 0 Å². The zero-order chi connectivity index (χ0) is 26.1. The van der Waals surface area contributed by atoms with Gasteiger partial charge in [0.15, 0.2) is 0 Å². The molecule has 12 heteroatoms. The lowest BCUT2D eigenvalue weighted by molar-refractivity contribution is -0.274. The van der Waals surface area contributed by atoms with Gasteiger partial charge in [-0.2, -0.15) is 0 Å². The molecule has 0 bridgehead atoms. The molecule has 1 aliphatic rings. The molecule has 0 saturated carbocycles. The standard InChI is InChI=1S/C22H21F3N6O2.C2H4O/c1-26-17-6-7-31(12-17)20-19(15-9-27-13-28-10-15)8-14(11-29-20)21(32)30-16-2-4-18(5-3-16)33-22(23,24)25;1-2-3/h2-5,8-11,13,17,26H,6-7,12H2,1H3,(H,30,32);2H,1H3. The van der Waals surface area contributed by atoms with E-state index in [2.05, 4.69) is 35.2 Å². The van der Waals surface area contributed by atoms with Crippen LogP contribution >= 0.6 is 0 Å². The number of ether oxygens (including phenoxy) is 1. The number of carbonyl (C=O) groups excluding carboxylic acids is 2. The number of amides is 1. The van der Waals surface area contributed by atoms with E-state index in [-0.39, 0.29) is 11.3 Å². The van der Waals surface area contributed by atoms with Crippen LogP contribution in [0, 0.1) is 0 Å². The van der Waals surface area contributed by atoms with Crippen molar-refractivity contribution < 1.29 is 27.5 Å². The van der Waals surface area contributed by atoms with E-state index in [1.165, 1.54) is 31.6 Å². The van der Waals surface area contributed by atoms with Crippen LogP contribution in [0.4, 0.5) is 24.7 Å². The Bertz CT molecular complexity index is 1160. The van der Waals surface area contributed by atoms with Gasteiger partial charge in [0.05, 0.1) is 5.56 Å². The molecule has 2 aromatic heterocycles. The topological polar surface area (TPSA) is 109 Å². The van der Waals surface area contributed by atoms with E-state index >= 15 is 0 Å². The second-order valence-corrected chi connectivity index (χ2v) is 7.70. The first-order valence-corrected chi connectivity index (χ1v) is 11.0. The molecule has 1 saturated heterocycles. The van der Waals surface area contributed by atoms with Crippen LogP contribution in [-0.4, -0.2) is 59.7 Å². The molecule has 4 rings (SSSR count). The van der Waals surface area contributed by atoms with Gasteiger partial charge in [-0.3, -0.25) is 4.79 Å². The Morgan fingerprint density at radius 3 is 2.42 bits per heavy atom. The van der Waals surface area contributed by atoms with Gasteiger partial charge in [-0.25, -0.2) is 15.0 Å². The van der Waals surface area contributed by atoms with Crippen molar-refractivity contribution in [3.8, 4) is 16.9 Å². The number of aldehydes is 1. The smallest absolute Gasteiger partial charge is 0.406 e. The first-order chi connectivity index (χ1) is 17.2. The Hall–Kier alpha value is -4.06. The summed E-state index contributed by atoms with van der Waals surface area (Å²) in [6.07, 6.45) is 3.15. The molecule has 190 valence electrons. The molecule has 0 radical (unpaired) electrons. The van der Waals surface area contributed by atoms with E-state index in [9.17, 15) is 18.0 Å². The minimum atomic E-state index is -4.78. The summed E-state index contributed by atoms with van der Waals surface area (Å²) in [4.78, 5) is 36.5. The largest absolute Gasteiger partial charge is 0.573 e. The molecule has 3 aromatic rings. The SMILES string of the molecule is CC=O.CNC1CCN(c2ncc(C(=O)Nc3ccc(OC(F)(F)F)cc3)cc2-c2cncnc2)C1. The number of benzene rings is 1. The maximum atomic E-state index is 12.8. The molecular weight excluding hydrogens is 477 g/mol. The monoisotopic (exact) mass is 502 g/mol. The summed E-state index contributed by atoms with van der Waals surface area (Å²) in [5.41, 5.74) is 2.04. The van der Waals surface area contributed by atoms with Gasteiger partial charge in [0, 0.05) is 54.5 Å². The number of rotatable bonds is 6. The van der Waals surface area contributed by atoms with Crippen LogP contribution < -0.4 is 20.3 Å². The number of anilines is 2. The number of carbonyl (C=O) groups is 2. The Labute approximate surface area is 205 Å². The maximum absolute atomic E-state index is 12.8. The fourth-order valence-electron chi connectivity index (χ4n) is 3.62. The highest BCUT2D eigenvalue weighted by Gasteiger charge is 2.31. The van der Waals surface area contributed by atoms with Gasteiger partial charge in [-0.1, -0.05) is 0 Å². The Morgan fingerprint density at radius 1 is 1.17 bits per heavy atom. The van der Waals surface area contributed by atoms with Gasteiger partial charge in [0.25, 0.3) is 5.91 Å². The van der Waals surface area contributed by atoms with E-state index in [1.54, 1.807) is 18.5 Å². The fourth-order valence-corrected chi connectivity index (χ4v) is 3.62. The zero-order valence-corrected chi connectivity index (χ0v) is 19.6. The number of likely N-dealkylation sites (N-methyl/N-ethyl adjacent to an activating group) is 1. The fraction of sp³-hybridized carbons (Fsp3) is 0.292. The van der Waals surface area contributed by atoms with E-state index < -0.39 is 12.3 Å². The van der Waals surface area contributed by atoms with E-state index in [4.69, 9.17) is 4.79 Å². The molecule has 1 atom stereocenters. The Kier molecular flexibility index (Phi) is 8.90. The second-order valence-electron chi connectivity index (χ2n) is 7.70. The maximum Gasteiger partial charge on any atom is 0.573 e. The van der Waals surface area contributed by atoms with Gasteiger partial charge < -0.3 is 25.1 Å². The number of aromatic nitrogens is 3. The molecule has 36 heavy (non-hydrogen) atoms. The number of pyridine rings is 1. The highest BCUT2D eigenvalue weighted by molar-refractivity contribution is 6.05. The van der Waals surface area contributed by atoms with Gasteiger partial charge in [-0.05, 0) is 50.7 Å². The molecule has 1 aliphatic heterocycles. The molecule has 1 unspecified atom stereocenters. The molecule has 1 fully saturated rings. The zero-order valence-electron chi connectivity index (χ0n) is 19.6. The minimum Gasteiger partial charge on any atom is -0.406 e. The van der Waals surface area contributed by atoms with Crippen LogP contribution in [0.3, 0.4) is 0 Å². The molecule has 3 heterocycles. The van der Waals surface area contributed by atoms with Gasteiger partial charge in [-0.15, -0.1) is 13.2 Å². The van der Waals surface area contributed by atoms with Crippen molar-refractivity contribution in [2.45, 2.75) is 25.7 Å². The molecule has 9 nitrogen and oxygen atoms in total. The summed E-state index contributed by atoms with van der Waals surface area (Å²) in [5.74, 6) is -0.0951. The lowest BCUT2D eigenvalue weighted by Gasteiger charge is -2.21. The number of hydrogen-bond donors (Lipinski definition) is 2. The number of nitrogens with zero attached hydrogens (tertiary/aromatic N) is 4. The normalized spacial score (nSPS) is 15.0. The third-order valence-corrected chi connectivity index (χ3v) is 5.24. The third-order valence-electron chi connectivity index (χ3n) is 5.24. The number of alkyl halides is 3. The summed E-state index contributed by atoms with van der Waals surface area (Å²) >= 11 is 0. The third kappa shape index (κ3) is 7.22. The quantitative estimate of drug-likeness (QED) is 0.492. The highest BCUT2D eigenvalue weighted by atomic mass is 19.4. The highest BCUT2D eigenvalue weighted by Crippen LogP contribution is 2.31. The summed E-state index contributed by atoms with van der Waals surface area (Å²) in [5, 5.41) is 5.93. The Balaban J connectivity index is 0.00000115. The van der Waals surface area contributed by atoms with E-state index in [0.717, 1.165) is 49.3 Å². The van der Waals surface area contributed by atoms with E-state index in [0.29, 0.717) is 17.3 Å². The summed E-state index contributed by atoms with van der Waals surface area (Å²) in [6, 6.07) is 6.97. The van der Waals surface area contributed by atoms with Crippen LogP contribution in [0.1, 0.15) is 23.7 Å². The van der Waals surface area contributed by atoms with Crippen molar-refractivity contribution in [2.24, 2.45) is 0 Å². The van der Waals surface area contributed by atoms with Crippen LogP contribution in [0.5, 0.6) is 5.75 Å². The predicted molar refractivity (Wildman–Crippen MR) is 128 cm³/mol. The minimum absolute atomic E-state index is 0.289. The van der Waals surface area contributed by atoms with Crippen molar-refractivity contribution in [1.29, 1.82) is 0 Å². The summed E-state index contributed by atoms with van der Waals surface area (Å²) < 4.78 is 40.8. The molecule has 1 aromatic carbocycles. The number of halogens is 3. The molecule has 0 aliphatic carbocycles. The number of nitrogens with one attached hydrogen (secondary N) is 2. The first kappa shape index (κ1) is 26.5. The van der Waals surface area contributed by atoms with Crippen LogP contribution in [0.25, 0.3) is 11.1 Å². The Morgan fingerprint density at radius 2 is 1.83 bits per heavy atom. The van der Waals surface area contributed by atoms with Crippen LogP contribution in [0.15, 0.2) is 55.2 Å². The van der Waals surface area contributed by atoms with Crippen molar-refractivity contribution in [1.82, 2.24) is 20.3 Å². The van der Waals surface area contributed by atoms with E-state index in [1.807, 2.05) is 7.05 Å². The molecular formula is C24H25F3N6O3. The average Bonchev–Trinajstić information content (AvgIpc) is 3.34. The summed E-state index contributed by atoms with van der Waals surface area (Å²) in [6.45, 7) is 3.04. The first-order valence-electron chi connectivity index (χ1n) is 11.0. The average molecular weight is 502 g/mol. The van der Waals surface area contributed by atoms with Crippen LogP contribution in [0.2, 0.25) is 0 Å².